The average Bonchev–Trinajstić information content (AvgIpc) is 3.77. The molecule has 5 heteroatoms. The second kappa shape index (κ2) is 12.6. The fourth-order valence-corrected chi connectivity index (χ4v) is 8.11. The van der Waals surface area contributed by atoms with Crippen molar-refractivity contribution in [3.63, 3.8) is 0 Å². The molecular formula is C47H30N4S. The van der Waals surface area contributed by atoms with Crippen molar-refractivity contribution < 1.29 is 0 Å². The van der Waals surface area contributed by atoms with Crippen molar-refractivity contribution in [1.82, 2.24) is 19.4 Å². The first-order valence-corrected chi connectivity index (χ1v) is 18.2. The predicted molar refractivity (Wildman–Crippen MR) is 216 cm³/mol. The van der Waals surface area contributed by atoms with E-state index in [1.807, 2.05) is 36.4 Å². The van der Waals surface area contributed by atoms with E-state index in [2.05, 4.69) is 150 Å². The summed E-state index contributed by atoms with van der Waals surface area (Å²) in [6, 6.07) is 63.9. The molecule has 52 heavy (non-hydrogen) atoms. The van der Waals surface area contributed by atoms with E-state index in [9.17, 15) is 0 Å². The highest BCUT2D eigenvalue weighted by Gasteiger charge is 2.17. The summed E-state index contributed by atoms with van der Waals surface area (Å²) >= 11 is 1.73. The molecular weight excluding hydrogens is 653 g/mol. The molecule has 0 bridgehead atoms. The lowest BCUT2D eigenvalue weighted by molar-refractivity contribution is 1.18. The zero-order chi connectivity index (χ0) is 34.4. The van der Waals surface area contributed by atoms with Crippen LogP contribution in [0.5, 0.6) is 0 Å². The molecule has 0 N–H and O–H groups in total. The van der Waals surface area contributed by atoms with Gasteiger partial charge in [0.05, 0.1) is 32.6 Å². The van der Waals surface area contributed by atoms with E-state index >= 15 is 0 Å². The van der Waals surface area contributed by atoms with E-state index < -0.39 is 0 Å². The van der Waals surface area contributed by atoms with Crippen LogP contribution in [-0.4, -0.2) is 19.4 Å². The first-order chi connectivity index (χ1) is 25.7. The van der Waals surface area contributed by atoms with E-state index in [-0.39, 0.29) is 0 Å². The number of imidazole rings is 1. The van der Waals surface area contributed by atoms with Crippen LogP contribution in [0.2, 0.25) is 0 Å². The van der Waals surface area contributed by atoms with Crippen LogP contribution >= 0.6 is 11.3 Å². The van der Waals surface area contributed by atoms with Crippen LogP contribution in [0.25, 0.3) is 93.5 Å². The van der Waals surface area contributed by atoms with Gasteiger partial charge in [-0.2, -0.15) is 0 Å². The number of hydrogen-bond acceptors (Lipinski definition) is 4. The summed E-state index contributed by atoms with van der Waals surface area (Å²) in [5, 5.41) is 0. The molecule has 10 rings (SSSR count). The lowest BCUT2D eigenvalue weighted by atomic mass is 9.91. The zero-order valence-electron chi connectivity index (χ0n) is 28.0. The molecule has 10 aromatic rings. The zero-order valence-corrected chi connectivity index (χ0v) is 28.8. The summed E-state index contributed by atoms with van der Waals surface area (Å²) in [5.41, 5.74) is 15.1. The van der Waals surface area contributed by atoms with Gasteiger partial charge in [-0.3, -0.25) is 4.40 Å². The van der Waals surface area contributed by atoms with E-state index in [0.29, 0.717) is 5.82 Å². The third-order valence-electron chi connectivity index (χ3n) is 9.67. The minimum Gasteiger partial charge on any atom is -0.283 e. The van der Waals surface area contributed by atoms with Gasteiger partial charge in [0.2, 0.25) is 0 Å². The molecule has 0 fully saturated rings. The molecule has 7 aromatic carbocycles. The van der Waals surface area contributed by atoms with Crippen LogP contribution in [0.15, 0.2) is 182 Å². The second-order valence-electron chi connectivity index (χ2n) is 12.9. The van der Waals surface area contributed by atoms with Gasteiger partial charge in [-0.1, -0.05) is 157 Å². The molecule has 0 aliphatic rings. The van der Waals surface area contributed by atoms with Crippen molar-refractivity contribution in [1.29, 1.82) is 0 Å². The Labute approximate surface area is 305 Å². The van der Waals surface area contributed by atoms with Crippen molar-refractivity contribution >= 4 is 37.5 Å². The Morgan fingerprint density at radius 1 is 0.365 bits per heavy atom. The first kappa shape index (κ1) is 30.2. The fraction of sp³-hybridized carbons (Fsp3) is 0. The summed E-state index contributed by atoms with van der Waals surface area (Å²) in [7, 11) is 0. The molecule has 0 amide bonds. The standard InChI is InChI=1S/C47H30N4S/c1-5-13-31(14-6-1)35-23-26-45-44(28-35)51-43-29-36(22-25-40(43)50-47(51)52-45)38-24-21-37(27-39(38)32-15-7-2-8-16-32)42-30-41(33-17-9-3-10-18-33)48-46(49-42)34-19-11-4-12-20-34/h1-30H. The Hall–Kier alpha value is -6.69. The Morgan fingerprint density at radius 3 is 1.65 bits per heavy atom. The van der Waals surface area contributed by atoms with Crippen LogP contribution in [0.4, 0.5) is 0 Å². The lowest BCUT2D eigenvalue weighted by Crippen LogP contribution is -1.96. The number of nitrogens with zero attached hydrogens (tertiary/aromatic N) is 4. The number of fused-ring (bicyclic) bond motifs is 5. The molecule has 4 nitrogen and oxygen atoms in total. The molecule has 0 unspecified atom stereocenters. The number of benzene rings is 7. The van der Waals surface area contributed by atoms with Crippen molar-refractivity contribution in [3.8, 4) is 67.3 Å². The highest BCUT2D eigenvalue weighted by Crippen LogP contribution is 2.39. The van der Waals surface area contributed by atoms with Crippen molar-refractivity contribution in [3.05, 3.63) is 182 Å². The Balaban J connectivity index is 1.14. The second-order valence-corrected chi connectivity index (χ2v) is 13.9. The van der Waals surface area contributed by atoms with E-state index in [1.54, 1.807) is 11.3 Å². The maximum absolute atomic E-state index is 5.14. The number of thiazole rings is 1. The first-order valence-electron chi connectivity index (χ1n) is 17.4. The Morgan fingerprint density at radius 2 is 0.942 bits per heavy atom. The van der Waals surface area contributed by atoms with Crippen LogP contribution in [-0.2, 0) is 0 Å². The van der Waals surface area contributed by atoms with Gasteiger partial charge in [0.1, 0.15) is 0 Å². The third kappa shape index (κ3) is 5.36. The Bertz CT molecular complexity index is 2820. The van der Waals surface area contributed by atoms with Crippen molar-refractivity contribution in [2.24, 2.45) is 0 Å². The lowest BCUT2D eigenvalue weighted by Gasteiger charge is -2.14. The molecule has 3 heterocycles. The monoisotopic (exact) mass is 682 g/mol. The van der Waals surface area contributed by atoms with E-state index in [4.69, 9.17) is 15.0 Å². The van der Waals surface area contributed by atoms with Crippen LogP contribution in [0.1, 0.15) is 0 Å². The maximum atomic E-state index is 5.14. The van der Waals surface area contributed by atoms with E-state index in [0.717, 1.165) is 66.3 Å². The molecule has 0 atom stereocenters. The maximum Gasteiger partial charge on any atom is 0.195 e. The van der Waals surface area contributed by atoms with Gasteiger partial charge in [0.15, 0.2) is 10.8 Å². The Kier molecular flexibility index (Phi) is 7.29. The summed E-state index contributed by atoms with van der Waals surface area (Å²) in [5.74, 6) is 0.705. The van der Waals surface area contributed by atoms with Gasteiger partial charge in [-0.15, -0.1) is 0 Å². The van der Waals surface area contributed by atoms with E-state index in [1.165, 1.54) is 21.3 Å². The fourth-order valence-electron chi connectivity index (χ4n) is 7.09. The summed E-state index contributed by atoms with van der Waals surface area (Å²) in [6.45, 7) is 0. The normalized spacial score (nSPS) is 11.5. The van der Waals surface area contributed by atoms with Crippen LogP contribution in [0.3, 0.4) is 0 Å². The molecule has 0 radical (unpaired) electrons. The quantitative estimate of drug-likeness (QED) is 0.175. The molecule has 0 saturated heterocycles. The average molecular weight is 683 g/mol. The number of rotatable bonds is 6. The predicted octanol–water partition coefficient (Wildman–Crippen LogP) is 12.5. The molecule has 3 aromatic heterocycles. The van der Waals surface area contributed by atoms with Gasteiger partial charge < -0.3 is 0 Å². The molecule has 244 valence electrons. The highest BCUT2D eigenvalue weighted by atomic mass is 32.1. The SMILES string of the molecule is c1ccc(-c2ccc3sc4nc5ccc(-c6ccc(-c7cc(-c8ccccc8)nc(-c8ccccc8)n7)cc6-c6ccccc6)cc5n4c3c2)cc1. The van der Waals surface area contributed by atoms with Crippen molar-refractivity contribution in [2.45, 2.75) is 0 Å². The van der Waals surface area contributed by atoms with Gasteiger partial charge in [0.25, 0.3) is 0 Å². The number of hydrogen-bond donors (Lipinski definition) is 0. The topological polar surface area (TPSA) is 43.1 Å². The summed E-state index contributed by atoms with van der Waals surface area (Å²) in [4.78, 5) is 16.2. The highest BCUT2D eigenvalue weighted by molar-refractivity contribution is 7.23. The largest absolute Gasteiger partial charge is 0.283 e. The minimum atomic E-state index is 0.705. The summed E-state index contributed by atoms with van der Waals surface area (Å²) in [6.07, 6.45) is 0. The van der Waals surface area contributed by atoms with Gasteiger partial charge in [0, 0.05) is 16.7 Å². The molecule has 0 spiro atoms. The minimum absolute atomic E-state index is 0.705. The smallest absolute Gasteiger partial charge is 0.195 e. The van der Waals surface area contributed by atoms with Crippen LogP contribution in [0, 0.1) is 0 Å². The number of aromatic nitrogens is 4. The molecule has 0 aliphatic heterocycles. The van der Waals surface area contributed by atoms with Crippen LogP contribution < -0.4 is 0 Å². The van der Waals surface area contributed by atoms with Gasteiger partial charge in [-0.05, 0) is 69.8 Å². The molecule has 0 saturated carbocycles. The van der Waals surface area contributed by atoms with Gasteiger partial charge in [-0.25, -0.2) is 15.0 Å². The summed E-state index contributed by atoms with van der Waals surface area (Å²) < 4.78 is 3.54. The van der Waals surface area contributed by atoms with Crippen molar-refractivity contribution in [2.75, 3.05) is 0 Å². The third-order valence-corrected chi connectivity index (χ3v) is 10.7. The van der Waals surface area contributed by atoms with Gasteiger partial charge >= 0.3 is 0 Å². The molecule has 0 aliphatic carbocycles.